The van der Waals surface area contributed by atoms with Gasteiger partial charge in [-0.3, -0.25) is 18.8 Å². The fraction of sp³-hybridized carbons (Fsp3) is 0.481. The van der Waals surface area contributed by atoms with Crippen molar-refractivity contribution in [2.75, 3.05) is 71.0 Å². The number of rotatable bonds is 12. The maximum Gasteiger partial charge on any atom is 0.327 e. The van der Waals surface area contributed by atoms with E-state index in [0.717, 1.165) is 62.6 Å². The van der Waals surface area contributed by atoms with Gasteiger partial charge in [0.1, 0.15) is 12.3 Å². The number of ether oxygens (including phenoxy) is 1. The first-order valence-corrected chi connectivity index (χ1v) is 14.3. The standard InChI is InChI=1S/C27H36N4O6S/c1-22-9-11-23(12-10-22)38(34,35)37-20-19-30-21-26(32)31(27(30)33)14-6-5-13-28-15-17-29(18-16-28)24-7-3-4-8-25(24)36-2/h3-4,7-12H,5-6,13-21H2,1-2H3. The Balaban J connectivity index is 1.15. The number of urea groups is 1. The number of methoxy groups -OCH3 is 1. The van der Waals surface area contributed by atoms with E-state index in [1.165, 1.54) is 21.9 Å². The summed E-state index contributed by atoms with van der Waals surface area (Å²) >= 11 is 0. The first-order chi connectivity index (χ1) is 18.3. The second kappa shape index (κ2) is 12.6. The molecule has 0 atom stereocenters. The topological polar surface area (TPSA) is 99.7 Å². The number of aryl methyl sites for hydroxylation is 1. The molecule has 2 fully saturated rings. The zero-order valence-electron chi connectivity index (χ0n) is 22.0. The molecule has 11 heteroatoms. The number of amides is 3. The third kappa shape index (κ3) is 6.83. The quantitative estimate of drug-likeness (QED) is 0.228. The molecule has 2 aromatic carbocycles. The number of anilines is 1. The van der Waals surface area contributed by atoms with E-state index in [2.05, 4.69) is 15.9 Å². The molecule has 2 saturated heterocycles. The highest BCUT2D eigenvalue weighted by Gasteiger charge is 2.35. The minimum Gasteiger partial charge on any atom is -0.495 e. The fourth-order valence-electron chi connectivity index (χ4n) is 4.73. The van der Waals surface area contributed by atoms with E-state index in [1.54, 1.807) is 19.2 Å². The number of hydrogen-bond donors (Lipinski definition) is 0. The lowest BCUT2D eigenvalue weighted by Crippen LogP contribution is -2.46. The molecule has 0 N–H and O–H groups in total. The molecule has 0 aromatic heterocycles. The molecule has 206 valence electrons. The molecule has 0 radical (unpaired) electrons. The number of imide groups is 1. The molecule has 0 saturated carbocycles. The van der Waals surface area contributed by atoms with Crippen LogP contribution in [0.4, 0.5) is 10.5 Å². The molecular weight excluding hydrogens is 508 g/mol. The molecule has 2 aliphatic heterocycles. The first-order valence-electron chi connectivity index (χ1n) is 12.9. The van der Waals surface area contributed by atoms with Crippen LogP contribution in [0.25, 0.3) is 0 Å². The number of para-hydroxylation sites is 2. The van der Waals surface area contributed by atoms with Gasteiger partial charge in [-0.15, -0.1) is 0 Å². The van der Waals surface area contributed by atoms with Crippen LogP contribution in [-0.4, -0.2) is 101 Å². The summed E-state index contributed by atoms with van der Waals surface area (Å²) in [5, 5.41) is 0. The van der Waals surface area contributed by atoms with Crippen molar-refractivity contribution in [3.63, 3.8) is 0 Å². The number of carbonyl (C=O) groups is 2. The van der Waals surface area contributed by atoms with Crippen LogP contribution in [0, 0.1) is 6.92 Å². The van der Waals surface area contributed by atoms with Crippen LogP contribution < -0.4 is 9.64 Å². The van der Waals surface area contributed by atoms with Crippen molar-refractivity contribution in [1.29, 1.82) is 0 Å². The Morgan fingerprint density at radius 2 is 1.55 bits per heavy atom. The summed E-state index contributed by atoms with van der Waals surface area (Å²) in [5.74, 6) is 0.621. The number of hydrogen-bond acceptors (Lipinski definition) is 8. The van der Waals surface area contributed by atoms with E-state index in [-0.39, 0.29) is 30.5 Å². The molecule has 38 heavy (non-hydrogen) atoms. The van der Waals surface area contributed by atoms with E-state index >= 15 is 0 Å². The Bertz CT molecular complexity index is 1210. The zero-order chi connectivity index (χ0) is 27.1. The molecule has 0 aliphatic carbocycles. The van der Waals surface area contributed by atoms with E-state index in [4.69, 9.17) is 8.92 Å². The molecule has 0 unspecified atom stereocenters. The van der Waals surface area contributed by atoms with Crippen LogP contribution in [0.5, 0.6) is 5.75 Å². The van der Waals surface area contributed by atoms with E-state index in [0.29, 0.717) is 6.54 Å². The number of benzene rings is 2. The van der Waals surface area contributed by atoms with Crippen molar-refractivity contribution < 1.29 is 26.9 Å². The van der Waals surface area contributed by atoms with Crippen molar-refractivity contribution in [2.24, 2.45) is 0 Å². The van der Waals surface area contributed by atoms with Crippen LogP contribution in [0.3, 0.4) is 0 Å². The van der Waals surface area contributed by atoms with Crippen LogP contribution in [-0.2, 0) is 19.1 Å². The van der Waals surface area contributed by atoms with Gasteiger partial charge in [-0.05, 0) is 50.6 Å². The van der Waals surface area contributed by atoms with E-state index < -0.39 is 16.1 Å². The third-order valence-electron chi connectivity index (χ3n) is 6.94. The van der Waals surface area contributed by atoms with Crippen molar-refractivity contribution in [3.8, 4) is 5.75 Å². The fourth-order valence-corrected chi connectivity index (χ4v) is 5.63. The Morgan fingerprint density at radius 3 is 2.26 bits per heavy atom. The van der Waals surface area contributed by atoms with Crippen molar-refractivity contribution in [2.45, 2.75) is 24.7 Å². The highest BCUT2D eigenvalue weighted by Crippen LogP contribution is 2.28. The second-order valence-electron chi connectivity index (χ2n) is 9.55. The molecule has 10 nitrogen and oxygen atoms in total. The van der Waals surface area contributed by atoms with E-state index in [1.807, 2.05) is 25.1 Å². The van der Waals surface area contributed by atoms with Crippen LogP contribution in [0.2, 0.25) is 0 Å². The summed E-state index contributed by atoms with van der Waals surface area (Å²) in [6, 6.07) is 14.0. The average Bonchev–Trinajstić information content (AvgIpc) is 3.19. The highest BCUT2D eigenvalue weighted by molar-refractivity contribution is 7.86. The minimum absolute atomic E-state index is 0.0304. The van der Waals surface area contributed by atoms with Gasteiger partial charge in [0.05, 0.1) is 24.3 Å². The largest absolute Gasteiger partial charge is 0.495 e. The maximum atomic E-state index is 12.7. The van der Waals surface area contributed by atoms with Crippen molar-refractivity contribution in [3.05, 3.63) is 54.1 Å². The summed E-state index contributed by atoms with van der Waals surface area (Å²) in [6.07, 6.45) is 1.60. The Labute approximate surface area is 224 Å². The second-order valence-corrected chi connectivity index (χ2v) is 11.2. The summed E-state index contributed by atoms with van der Waals surface area (Å²) in [7, 11) is -2.23. The normalized spacial score (nSPS) is 16.9. The van der Waals surface area contributed by atoms with Gasteiger partial charge in [0.25, 0.3) is 10.1 Å². The van der Waals surface area contributed by atoms with Gasteiger partial charge >= 0.3 is 6.03 Å². The molecule has 2 aromatic rings. The van der Waals surface area contributed by atoms with Gasteiger partial charge in [0, 0.05) is 39.3 Å². The Kier molecular flexibility index (Phi) is 9.24. The van der Waals surface area contributed by atoms with E-state index in [9.17, 15) is 18.0 Å². The van der Waals surface area contributed by atoms with Gasteiger partial charge in [-0.25, -0.2) is 4.79 Å². The van der Waals surface area contributed by atoms with Crippen LogP contribution >= 0.6 is 0 Å². The van der Waals surface area contributed by atoms with Gasteiger partial charge < -0.3 is 14.5 Å². The first kappa shape index (κ1) is 27.9. The average molecular weight is 545 g/mol. The van der Waals surface area contributed by atoms with Gasteiger partial charge in [-0.1, -0.05) is 29.8 Å². The van der Waals surface area contributed by atoms with Gasteiger partial charge in [0.2, 0.25) is 5.91 Å². The molecule has 2 heterocycles. The lowest BCUT2D eigenvalue weighted by atomic mass is 10.2. The van der Waals surface area contributed by atoms with Crippen molar-refractivity contribution in [1.82, 2.24) is 14.7 Å². The third-order valence-corrected chi connectivity index (χ3v) is 8.27. The highest BCUT2D eigenvalue weighted by atomic mass is 32.2. The maximum absolute atomic E-state index is 12.7. The number of unbranched alkanes of at least 4 members (excludes halogenated alkanes) is 1. The lowest BCUT2D eigenvalue weighted by molar-refractivity contribution is -0.125. The molecule has 3 amide bonds. The molecular formula is C27H36N4O6S. The SMILES string of the molecule is COc1ccccc1N1CCN(CCCCN2C(=O)CN(CCOS(=O)(=O)c3ccc(C)cc3)C2=O)CC1. The molecule has 2 aliphatic rings. The summed E-state index contributed by atoms with van der Waals surface area (Å²) in [6.45, 7) is 6.62. The lowest BCUT2D eigenvalue weighted by Gasteiger charge is -2.36. The Hall–Kier alpha value is -3.15. The van der Waals surface area contributed by atoms with Gasteiger partial charge in [0.15, 0.2) is 0 Å². The number of carbonyl (C=O) groups excluding carboxylic acids is 2. The smallest absolute Gasteiger partial charge is 0.327 e. The monoisotopic (exact) mass is 544 g/mol. The number of nitrogens with zero attached hydrogens (tertiary/aromatic N) is 4. The summed E-state index contributed by atoms with van der Waals surface area (Å²) in [4.78, 5) is 32.5. The van der Waals surface area contributed by atoms with Gasteiger partial charge in [-0.2, -0.15) is 8.42 Å². The number of piperazine rings is 1. The van der Waals surface area contributed by atoms with Crippen LogP contribution in [0.1, 0.15) is 18.4 Å². The van der Waals surface area contributed by atoms with Crippen LogP contribution in [0.15, 0.2) is 53.4 Å². The summed E-state index contributed by atoms with van der Waals surface area (Å²) < 4.78 is 35.2. The van der Waals surface area contributed by atoms with Crippen molar-refractivity contribution >= 4 is 27.7 Å². The zero-order valence-corrected chi connectivity index (χ0v) is 22.9. The predicted molar refractivity (Wildman–Crippen MR) is 144 cm³/mol. The molecule has 4 rings (SSSR count). The molecule has 0 bridgehead atoms. The molecule has 0 spiro atoms. The predicted octanol–water partition coefficient (Wildman–Crippen LogP) is 2.58. The Morgan fingerprint density at radius 1 is 0.868 bits per heavy atom. The minimum atomic E-state index is -3.91. The summed E-state index contributed by atoms with van der Waals surface area (Å²) in [5.41, 5.74) is 2.06.